The summed E-state index contributed by atoms with van der Waals surface area (Å²) in [5, 5.41) is 20.0. The highest BCUT2D eigenvalue weighted by Crippen LogP contribution is 2.58. The number of halogens is 1. The van der Waals surface area contributed by atoms with Gasteiger partial charge < -0.3 is 10.2 Å². The molecule has 0 spiro atoms. The van der Waals surface area contributed by atoms with Gasteiger partial charge >= 0.3 is 11.9 Å². The maximum atomic E-state index is 12.4. The first kappa shape index (κ1) is 23.4. The zero-order valence-electron chi connectivity index (χ0n) is 17.2. The van der Waals surface area contributed by atoms with Crippen LogP contribution in [0, 0.1) is 0 Å². The third-order valence-electron chi connectivity index (χ3n) is 5.72. The molecule has 3 atom stereocenters. The molecule has 172 valence electrons. The number of carbonyl (C=O) groups is 2. The van der Waals surface area contributed by atoms with E-state index in [9.17, 15) is 23.5 Å². The number of anilines is 1. The first-order chi connectivity index (χ1) is 15.7. The summed E-state index contributed by atoms with van der Waals surface area (Å²) in [6.07, 6.45) is 0.444. The predicted octanol–water partition coefficient (Wildman–Crippen LogP) is 5.04. The Labute approximate surface area is 201 Å². The van der Waals surface area contributed by atoms with Gasteiger partial charge in [-0.15, -0.1) is 11.3 Å². The quantitative estimate of drug-likeness (QED) is 0.351. The molecule has 1 saturated carbocycles. The molecular weight excluding hydrogens is 486 g/mol. The van der Waals surface area contributed by atoms with Crippen molar-refractivity contribution in [2.24, 2.45) is 0 Å². The predicted molar refractivity (Wildman–Crippen MR) is 128 cm³/mol. The van der Waals surface area contributed by atoms with Crippen molar-refractivity contribution in [3.05, 3.63) is 76.8 Å². The zero-order chi connectivity index (χ0) is 23.8. The molecule has 2 aromatic carbocycles. The topological polar surface area (TPSA) is 115 Å². The molecule has 10 heteroatoms. The summed E-state index contributed by atoms with van der Waals surface area (Å²) in [7, 11) is 0. The fourth-order valence-corrected chi connectivity index (χ4v) is 6.23. The van der Waals surface area contributed by atoms with Crippen molar-refractivity contribution in [1.29, 1.82) is 0 Å². The van der Waals surface area contributed by atoms with Gasteiger partial charge in [0.1, 0.15) is 5.00 Å². The van der Waals surface area contributed by atoms with E-state index in [1.807, 2.05) is 12.1 Å². The molecule has 0 saturated heterocycles. The Kier molecular flexibility index (Phi) is 6.58. The van der Waals surface area contributed by atoms with Crippen LogP contribution in [-0.2, 0) is 27.3 Å². The normalized spacial score (nSPS) is 20.2. The summed E-state index contributed by atoms with van der Waals surface area (Å²) < 4.78 is 23.6. The number of hydrogen-bond donors (Lipinski definition) is 3. The molecule has 1 heterocycles. The molecule has 3 N–H and O–H groups in total. The zero-order valence-corrected chi connectivity index (χ0v) is 19.6. The molecule has 1 fully saturated rings. The first-order valence-corrected chi connectivity index (χ1v) is 12.3. The number of hydrogen-bond acceptors (Lipinski definition) is 4. The van der Waals surface area contributed by atoms with Gasteiger partial charge in [-0.2, -0.15) is 0 Å². The second-order valence-electron chi connectivity index (χ2n) is 7.79. The fourth-order valence-electron chi connectivity index (χ4n) is 4.03. The molecule has 0 bridgehead atoms. The standard InChI is InChI=1S/C23H20ClNO6S2/c24-17-7-5-15(6-8-17)19-9-10-20(32-19)25(33(30)31)23(22(28)29)13-18(23)16-3-1-2-14(12-16)4-11-21(26)27/h1-3,5-10,12,18H,4,11,13H2,(H,26,27)(H,28,29)(H,30,31). The Morgan fingerprint density at radius 1 is 1.12 bits per heavy atom. The second-order valence-corrected chi connectivity index (χ2v) is 10.1. The van der Waals surface area contributed by atoms with E-state index in [4.69, 9.17) is 16.7 Å². The van der Waals surface area contributed by atoms with Crippen molar-refractivity contribution in [3.63, 3.8) is 0 Å². The lowest BCUT2D eigenvalue weighted by Gasteiger charge is -2.26. The number of rotatable bonds is 9. The SMILES string of the molecule is O=C(O)CCc1cccc(C2CC2(C(=O)O)N(c2ccc(-c3ccc(Cl)cc3)s2)S(=O)O)c1. The summed E-state index contributed by atoms with van der Waals surface area (Å²) >= 11 is 4.60. The lowest BCUT2D eigenvalue weighted by molar-refractivity contribution is -0.139. The highest BCUT2D eigenvalue weighted by atomic mass is 35.5. The van der Waals surface area contributed by atoms with E-state index in [1.54, 1.807) is 48.5 Å². The molecule has 4 rings (SSSR count). The summed E-state index contributed by atoms with van der Waals surface area (Å²) in [5.74, 6) is -2.62. The summed E-state index contributed by atoms with van der Waals surface area (Å²) in [6.45, 7) is 0. The van der Waals surface area contributed by atoms with Crippen molar-refractivity contribution < 1.29 is 28.6 Å². The maximum absolute atomic E-state index is 12.4. The smallest absolute Gasteiger partial charge is 0.331 e. The number of carboxylic acid groups (broad SMARTS) is 2. The molecule has 1 aliphatic carbocycles. The van der Waals surface area contributed by atoms with Gasteiger partial charge in [-0.05, 0) is 53.8 Å². The maximum Gasteiger partial charge on any atom is 0.331 e. The van der Waals surface area contributed by atoms with Gasteiger partial charge in [0, 0.05) is 22.2 Å². The van der Waals surface area contributed by atoms with Crippen LogP contribution in [0.15, 0.2) is 60.7 Å². The molecular formula is C23H20ClNO6S2. The molecule has 7 nitrogen and oxygen atoms in total. The number of aryl methyl sites for hydroxylation is 1. The van der Waals surface area contributed by atoms with Crippen LogP contribution < -0.4 is 4.31 Å². The van der Waals surface area contributed by atoms with Crippen LogP contribution in [0.25, 0.3) is 10.4 Å². The number of aliphatic carboxylic acids is 2. The molecule has 1 aromatic heterocycles. The van der Waals surface area contributed by atoms with Crippen LogP contribution >= 0.6 is 22.9 Å². The van der Waals surface area contributed by atoms with Gasteiger partial charge in [0.15, 0.2) is 5.54 Å². The summed E-state index contributed by atoms with van der Waals surface area (Å²) in [5.41, 5.74) is 0.763. The van der Waals surface area contributed by atoms with Gasteiger partial charge in [0.2, 0.25) is 0 Å². The van der Waals surface area contributed by atoms with Gasteiger partial charge in [0.25, 0.3) is 11.3 Å². The van der Waals surface area contributed by atoms with Crippen LogP contribution in [0.5, 0.6) is 0 Å². The summed E-state index contributed by atoms with van der Waals surface area (Å²) in [4.78, 5) is 24.1. The number of carboxylic acids is 2. The van der Waals surface area contributed by atoms with Crippen LogP contribution in [-0.4, -0.2) is 36.5 Å². The average molecular weight is 506 g/mol. The molecule has 0 radical (unpaired) electrons. The van der Waals surface area contributed by atoms with Crippen molar-refractivity contribution >= 4 is 51.1 Å². The minimum absolute atomic E-state index is 0.0341. The van der Waals surface area contributed by atoms with E-state index in [1.165, 1.54) is 11.3 Å². The molecule has 33 heavy (non-hydrogen) atoms. The minimum atomic E-state index is -2.57. The molecule has 3 aromatic rings. The lowest BCUT2D eigenvalue weighted by Crippen LogP contribution is -2.45. The Hall–Kier alpha value is -2.72. The van der Waals surface area contributed by atoms with Gasteiger partial charge in [-0.3, -0.25) is 9.35 Å². The Bertz CT molecular complexity index is 1230. The van der Waals surface area contributed by atoms with Crippen molar-refractivity contribution in [1.82, 2.24) is 0 Å². The Morgan fingerprint density at radius 2 is 1.85 bits per heavy atom. The Morgan fingerprint density at radius 3 is 2.48 bits per heavy atom. The third-order valence-corrected chi connectivity index (χ3v) is 8.04. The highest BCUT2D eigenvalue weighted by molar-refractivity contribution is 7.81. The minimum Gasteiger partial charge on any atom is -0.481 e. The molecule has 1 aliphatic rings. The van der Waals surface area contributed by atoms with E-state index in [-0.39, 0.29) is 12.8 Å². The number of thiophene rings is 1. The average Bonchev–Trinajstić information content (AvgIpc) is 3.34. The number of benzene rings is 2. The van der Waals surface area contributed by atoms with Gasteiger partial charge in [0.05, 0.1) is 0 Å². The van der Waals surface area contributed by atoms with E-state index in [0.717, 1.165) is 20.3 Å². The van der Waals surface area contributed by atoms with Crippen molar-refractivity contribution in [2.45, 2.75) is 30.7 Å². The largest absolute Gasteiger partial charge is 0.481 e. The molecule has 3 unspecified atom stereocenters. The second kappa shape index (κ2) is 9.26. The third kappa shape index (κ3) is 4.67. The van der Waals surface area contributed by atoms with E-state index >= 15 is 0 Å². The fraction of sp³-hybridized carbons (Fsp3) is 0.217. The van der Waals surface area contributed by atoms with Crippen molar-refractivity contribution in [2.75, 3.05) is 4.31 Å². The van der Waals surface area contributed by atoms with Crippen molar-refractivity contribution in [3.8, 4) is 10.4 Å². The number of nitrogens with zero attached hydrogens (tertiary/aromatic N) is 1. The molecule has 0 amide bonds. The van der Waals surface area contributed by atoms with E-state index in [0.29, 0.717) is 22.0 Å². The summed E-state index contributed by atoms with van der Waals surface area (Å²) in [6, 6.07) is 17.7. The molecule has 0 aliphatic heterocycles. The van der Waals surface area contributed by atoms with Crippen LogP contribution in [0.1, 0.15) is 29.9 Å². The lowest BCUT2D eigenvalue weighted by atomic mass is 10.0. The van der Waals surface area contributed by atoms with Gasteiger partial charge in [-0.25, -0.2) is 13.3 Å². The van der Waals surface area contributed by atoms with Crippen LogP contribution in [0.4, 0.5) is 5.00 Å². The Balaban J connectivity index is 1.66. The van der Waals surface area contributed by atoms with E-state index < -0.39 is 34.7 Å². The van der Waals surface area contributed by atoms with Crippen LogP contribution in [0.3, 0.4) is 0 Å². The highest BCUT2D eigenvalue weighted by Gasteiger charge is 2.67. The van der Waals surface area contributed by atoms with Crippen LogP contribution in [0.2, 0.25) is 5.02 Å². The van der Waals surface area contributed by atoms with E-state index in [2.05, 4.69) is 0 Å². The first-order valence-electron chi connectivity index (χ1n) is 10.0. The van der Waals surface area contributed by atoms with Gasteiger partial charge in [-0.1, -0.05) is 48.0 Å². The monoisotopic (exact) mass is 505 g/mol.